The Morgan fingerprint density at radius 2 is 2.15 bits per heavy atom. The third-order valence-corrected chi connectivity index (χ3v) is 1.87. The minimum absolute atomic E-state index is 0.170. The smallest absolute Gasteiger partial charge is 0.229 e. The van der Waals surface area contributed by atoms with Crippen molar-refractivity contribution in [3.05, 3.63) is 10.9 Å². The molecule has 70 valence electrons. The average molecular weight is 246 g/mol. The number of carbonyl (C=O) groups is 2. The van der Waals surface area contributed by atoms with E-state index < -0.39 is 0 Å². The molecule has 1 aromatic heterocycles. The lowest BCUT2D eigenvalue weighted by atomic mass is 10.6. The summed E-state index contributed by atoms with van der Waals surface area (Å²) in [5, 5.41) is 2.47. The fourth-order valence-electron chi connectivity index (χ4n) is 0.819. The van der Waals surface area contributed by atoms with Gasteiger partial charge in [-0.1, -0.05) is 0 Å². The van der Waals surface area contributed by atoms with Crippen LogP contribution < -0.4 is 5.32 Å². The molecule has 1 aromatic rings. The van der Waals surface area contributed by atoms with Crippen LogP contribution in [0.2, 0.25) is 0 Å². The maximum Gasteiger partial charge on any atom is 0.229 e. The lowest BCUT2D eigenvalue weighted by molar-refractivity contribution is -0.114. The van der Waals surface area contributed by atoms with Crippen LogP contribution in [0.3, 0.4) is 0 Å². The third-order valence-electron chi connectivity index (χ3n) is 1.31. The van der Waals surface area contributed by atoms with E-state index in [1.807, 2.05) is 0 Å². The second-order valence-electron chi connectivity index (χ2n) is 2.47. The lowest BCUT2D eigenvalue weighted by Crippen LogP contribution is -2.06. The monoisotopic (exact) mass is 245 g/mol. The molecule has 0 unspecified atom stereocenters. The molecule has 0 aromatic carbocycles. The van der Waals surface area contributed by atoms with E-state index in [0.717, 1.165) is 0 Å². The van der Waals surface area contributed by atoms with E-state index in [-0.39, 0.29) is 11.8 Å². The summed E-state index contributed by atoms with van der Waals surface area (Å²) in [5.41, 5.74) is 0. The summed E-state index contributed by atoms with van der Waals surface area (Å²) >= 11 is 3.09. The van der Waals surface area contributed by atoms with E-state index >= 15 is 0 Å². The quantitative estimate of drug-likeness (QED) is 0.811. The minimum atomic E-state index is -0.222. The van der Waals surface area contributed by atoms with Crippen molar-refractivity contribution in [3.63, 3.8) is 0 Å². The van der Waals surface area contributed by atoms with Crippen molar-refractivity contribution in [2.75, 3.05) is 5.32 Å². The molecule has 1 amide bonds. The van der Waals surface area contributed by atoms with Gasteiger partial charge in [-0.2, -0.15) is 0 Å². The molecule has 1 N–H and O–H groups in total. The Labute approximate surface area is 83.3 Å². The van der Waals surface area contributed by atoms with E-state index in [1.165, 1.54) is 24.6 Å². The molecule has 0 spiro atoms. The lowest BCUT2D eigenvalue weighted by Gasteiger charge is -1.93. The molecule has 1 rings (SSSR count). The van der Waals surface area contributed by atoms with Crippen molar-refractivity contribution in [1.29, 1.82) is 0 Å². The number of hydrogen-bond donors (Lipinski definition) is 1. The molecule has 5 nitrogen and oxygen atoms in total. The summed E-state index contributed by atoms with van der Waals surface area (Å²) in [4.78, 5) is 25.5. The van der Waals surface area contributed by atoms with Gasteiger partial charge in [-0.3, -0.25) is 14.2 Å². The number of amides is 1. The molecule has 0 bridgehead atoms. The Kier molecular flexibility index (Phi) is 2.82. The number of aromatic nitrogens is 2. The van der Waals surface area contributed by atoms with Gasteiger partial charge in [-0.25, -0.2) is 4.98 Å². The normalized spacial score (nSPS) is 9.77. The van der Waals surface area contributed by atoms with E-state index in [0.29, 0.717) is 10.6 Å². The van der Waals surface area contributed by atoms with E-state index in [1.54, 1.807) is 0 Å². The predicted molar refractivity (Wildman–Crippen MR) is 50.5 cm³/mol. The van der Waals surface area contributed by atoms with Crippen LogP contribution in [-0.4, -0.2) is 21.4 Å². The van der Waals surface area contributed by atoms with Crippen LogP contribution >= 0.6 is 15.9 Å². The Bertz CT molecular complexity index is 359. The van der Waals surface area contributed by atoms with Crippen LogP contribution in [0.4, 0.5) is 5.82 Å². The van der Waals surface area contributed by atoms with Crippen molar-refractivity contribution in [2.24, 2.45) is 0 Å². The molecule has 0 aliphatic carbocycles. The topological polar surface area (TPSA) is 64.0 Å². The zero-order chi connectivity index (χ0) is 10.0. The fourth-order valence-corrected chi connectivity index (χ4v) is 1.36. The number of hydrogen-bond acceptors (Lipinski definition) is 3. The highest BCUT2D eigenvalue weighted by atomic mass is 79.9. The average Bonchev–Trinajstić information content (AvgIpc) is 2.29. The minimum Gasteiger partial charge on any atom is -0.310 e. The van der Waals surface area contributed by atoms with E-state index in [2.05, 4.69) is 26.2 Å². The molecular formula is C7H8BrN3O2. The van der Waals surface area contributed by atoms with Crippen molar-refractivity contribution in [2.45, 2.75) is 13.8 Å². The van der Waals surface area contributed by atoms with Crippen molar-refractivity contribution in [1.82, 2.24) is 9.55 Å². The molecule has 0 saturated heterocycles. The predicted octanol–water partition coefficient (Wildman–Crippen LogP) is 1.26. The number of rotatable bonds is 1. The number of imidazole rings is 1. The highest BCUT2D eigenvalue weighted by Crippen LogP contribution is 2.13. The van der Waals surface area contributed by atoms with Gasteiger partial charge in [-0.15, -0.1) is 0 Å². The number of carbonyl (C=O) groups excluding carboxylic acids is 2. The molecule has 0 fully saturated rings. The van der Waals surface area contributed by atoms with Gasteiger partial charge >= 0.3 is 0 Å². The van der Waals surface area contributed by atoms with Crippen LogP contribution in [0.25, 0.3) is 0 Å². The first-order valence-electron chi connectivity index (χ1n) is 3.54. The first-order chi connectivity index (χ1) is 6.00. The first kappa shape index (κ1) is 9.91. The molecule has 0 aliphatic rings. The third kappa shape index (κ3) is 2.38. The van der Waals surface area contributed by atoms with Gasteiger partial charge in [0.2, 0.25) is 11.8 Å². The summed E-state index contributed by atoms with van der Waals surface area (Å²) in [6.45, 7) is 2.78. The van der Waals surface area contributed by atoms with Gasteiger partial charge < -0.3 is 5.32 Å². The van der Waals surface area contributed by atoms with Gasteiger partial charge in [0.1, 0.15) is 0 Å². The summed E-state index contributed by atoms with van der Waals surface area (Å²) < 4.78 is 1.68. The highest BCUT2D eigenvalue weighted by molar-refractivity contribution is 9.10. The number of anilines is 1. The maximum absolute atomic E-state index is 10.9. The van der Waals surface area contributed by atoms with Crippen molar-refractivity contribution in [3.8, 4) is 0 Å². The molecular weight excluding hydrogens is 238 g/mol. The molecule has 0 atom stereocenters. The molecule has 13 heavy (non-hydrogen) atoms. The van der Waals surface area contributed by atoms with Gasteiger partial charge in [0, 0.05) is 13.8 Å². The molecule has 0 saturated carbocycles. The largest absolute Gasteiger partial charge is 0.310 e. The van der Waals surface area contributed by atoms with Crippen LogP contribution in [0.15, 0.2) is 10.9 Å². The SMILES string of the molecule is CC(=O)Nc1cn(C(C)=O)c(Br)n1. The number of nitrogens with zero attached hydrogens (tertiary/aromatic N) is 2. The molecule has 0 radical (unpaired) electrons. The Morgan fingerprint density at radius 1 is 1.54 bits per heavy atom. The summed E-state index contributed by atoms with van der Waals surface area (Å²) in [5.74, 6) is -0.0359. The Balaban J connectivity index is 2.95. The molecule has 6 heteroatoms. The molecule has 0 aliphatic heterocycles. The number of halogens is 1. The maximum atomic E-state index is 10.9. The van der Waals surface area contributed by atoms with Crippen LogP contribution in [0, 0.1) is 0 Å². The van der Waals surface area contributed by atoms with Crippen molar-refractivity contribution >= 4 is 33.6 Å². The summed E-state index contributed by atoms with van der Waals surface area (Å²) in [6.07, 6.45) is 1.45. The zero-order valence-corrected chi connectivity index (χ0v) is 8.75. The van der Waals surface area contributed by atoms with Gasteiger partial charge in [0.25, 0.3) is 0 Å². The van der Waals surface area contributed by atoms with Crippen molar-refractivity contribution < 1.29 is 9.59 Å². The summed E-state index contributed by atoms with van der Waals surface area (Å²) in [7, 11) is 0. The second kappa shape index (κ2) is 3.69. The number of nitrogens with one attached hydrogen (secondary N) is 1. The Hall–Kier alpha value is -1.17. The van der Waals surface area contributed by atoms with Gasteiger partial charge in [0.15, 0.2) is 10.6 Å². The fraction of sp³-hybridized carbons (Fsp3) is 0.286. The highest BCUT2D eigenvalue weighted by Gasteiger charge is 2.08. The van der Waals surface area contributed by atoms with Crippen LogP contribution in [0.5, 0.6) is 0 Å². The van der Waals surface area contributed by atoms with Crippen LogP contribution in [0.1, 0.15) is 18.6 Å². The Morgan fingerprint density at radius 3 is 2.54 bits per heavy atom. The molecule has 1 heterocycles. The summed E-state index contributed by atoms with van der Waals surface area (Å²) in [6, 6.07) is 0. The zero-order valence-electron chi connectivity index (χ0n) is 7.17. The van der Waals surface area contributed by atoms with E-state index in [9.17, 15) is 9.59 Å². The van der Waals surface area contributed by atoms with E-state index in [4.69, 9.17) is 0 Å². The van der Waals surface area contributed by atoms with Gasteiger partial charge in [-0.05, 0) is 15.9 Å². The second-order valence-corrected chi connectivity index (χ2v) is 3.17. The first-order valence-corrected chi connectivity index (χ1v) is 4.33. The van der Waals surface area contributed by atoms with Crippen LogP contribution in [-0.2, 0) is 4.79 Å². The standard InChI is InChI=1S/C7H8BrN3O2/c1-4(12)9-6-3-11(5(2)13)7(8)10-6/h3H,1-2H3,(H,9,12). The van der Waals surface area contributed by atoms with Gasteiger partial charge in [0.05, 0.1) is 6.20 Å².